The number of amides is 1. The van der Waals surface area contributed by atoms with Gasteiger partial charge in [0.2, 0.25) is 5.91 Å². The third-order valence-electron chi connectivity index (χ3n) is 3.99. The molecule has 0 bridgehead atoms. The van der Waals surface area contributed by atoms with E-state index in [1.54, 1.807) is 13.0 Å². The number of nitrogens with zero attached hydrogens (tertiary/aromatic N) is 2. The predicted octanol–water partition coefficient (Wildman–Crippen LogP) is 2.58. The van der Waals surface area contributed by atoms with Crippen LogP contribution in [0.1, 0.15) is 24.2 Å². The zero-order valence-corrected chi connectivity index (χ0v) is 13.7. The van der Waals surface area contributed by atoms with Crippen LogP contribution in [0.3, 0.4) is 0 Å². The van der Waals surface area contributed by atoms with Crippen LogP contribution in [0.4, 0.5) is 0 Å². The number of fused-ring (bicyclic) bond motifs is 1. The molecule has 1 N–H and O–H groups in total. The van der Waals surface area contributed by atoms with Gasteiger partial charge in [-0.15, -0.1) is 0 Å². The van der Waals surface area contributed by atoms with Crippen molar-refractivity contribution in [1.82, 2.24) is 14.9 Å². The number of hydrogen-bond donors (Lipinski definition) is 1. The highest BCUT2D eigenvalue weighted by atomic mass is 16.2. The summed E-state index contributed by atoms with van der Waals surface area (Å²) in [7, 11) is 0. The first-order chi connectivity index (χ1) is 11.6. The second-order valence-corrected chi connectivity index (χ2v) is 5.78. The number of carbonyl (C=O) groups excluding carboxylic acids is 1. The topological polar surface area (TPSA) is 64.0 Å². The number of rotatable bonds is 4. The van der Waals surface area contributed by atoms with Gasteiger partial charge in [-0.25, -0.2) is 4.98 Å². The van der Waals surface area contributed by atoms with Crippen molar-refractivity contribution in [3.63, 3.8) is 0 Å². The lowest BCUT2D eigenvalue weighted by Crippen LogP contribution is -2.35. The summed E-state index contributed by atoms with van der Waals surface area (Å²) in [5, 5.41) is 2.94. The number of nitrogens with one attached hydrogen (secondary N) is 1. The fraction of sp³-hybridized carbons (Fsp3) is 0.211. The van der Waals surface area contributed by atoms with E-state index in [0.717, 1.165) is 5.56 Å². The van der Waals surface area contributed by atoms with Crippen LogP contribution >= 0.6 is 0 Å². The molecular weight excluding hydrogens is 302 g/mol. The fourth-order valence-corrected chi connectivity index (χ4v) is 2.73. The molecule has 0 fully saturated rings. The maximum Gasteiger partial charge on any atom is 0.272 e. The second-order valence-electron chi connectivity index (χ2n) is 5.78. The van der Waals surface area contributed by atoms with Gasteiger partial charge < -0.3 is 5.32 Å². The molecule has 3 rings (SSSR count). The van der Waals surface area contributed by atoms with Crippen molar-refractivity contribution in [2.75, 3.05) is 0 Å². The van der Waals surface area contributed by atoms with E-state index >= 15 is 0 Å². The predicted molar refractivity (Wildman–Crippen MR) is 93.7 cm³/mol. The smallest absolute Gasteiger partial charge is 0.272 e. The van der Waals surface area contributed by atoms with Crippen molar-refractivity contribution in [3.8, 4) is 0 Å². The average molecular weight is 321 g/mol. The lowest BCUT2D eigenvalue weighted by atomic mass is 10.1. The third-order valence-corrected chi connectivity index (χ3v) is 3.99. The quantitative estimate of drug-likeness (QED) is 0.803. The van der Waals surface area contributed by atoms with E-state index in [-0.39, 0.29) is 24.1 Å². The molecule has 0 saturated heterocycles. The molecular formula is C19H19N3O2. The zero-order chi connectivity index (χ0) is 17.1. The molecule has 24 heavy (non-hydrogen) atoms. The Morgan fingerprint density at radius 3 is 2.54 bits per heavy atom. The number of hydrogen-bond acceptors (Lipinski definition) is 3. The lowest BCUT2D eigenvalue weighted by molar-refractivity contribution is -0.122. The van der Waals surface area contributed by atoms with Crippen molar-refractivity contribution < 1.29 is 4.79 Å². The van der Waals surface area contributed by atoms with Gasteiger partial charge in [0.05, 0.1) is 17.1 Å². The minimum absolute atomic E-state index is 0.0279. The van der Waals surface area contributed by atoms with E-state index in [9.17, 15) is 9.59 Å². The maximum atomic E-state index is 12.4. The third kappa shape index (κ3) is 3.20. The Labute approximate surface area is 140 Å². The van der Waals surface area contributed by atoms with Gasteiger partial charge in [-0.2, -0.15) is 0 Å². The summed E-state index contributed by atoms with van der Waals surface area (Å²) >= 11 is 0. The van der Waals surface area contributed by atoms with Crippen molar-refractivity contribution in [1.29, 1.82) is 0 Å². The maximum absolute atomic E-state index is 12.4. The highest BCUT2D eigenvalue weighted by Crippen LogP contribution is 2.12. The Morgan fingerprint density at radius 2 is 1.79 bits per heavy atom. The molecule has 0 saturated carbocycles. The highest BCUT2D eigenvalue weighted by molar-refractivity contribution is 5.80. The molecule has 5 heteroatoms. The first kappa shape index (κ1) is 15.9. The van der Waals surface area contributed by atoms with Crippen molar-refractivity contribution in [2.24, 2.45) is 0 Å². The minimum Gasteiger partial charge on any atom is -0.348 e. The molecule has 0 aliphatic rings. The number of para-hydroxylation sites is 2. The molecule has 1 amide bonds. The Morgan fingerprint density at radius 1 is 1.12 bits per heavy atom. The van der Waals surface area contributed by atoms with Crippen LogP contribution in [0, 0.1) is 6.92 Å². The monoisotopic (exact) mass is 321 g/mol. The average Bonchev–Trinajstić information content (AvgIpc) is 2.59. The number of aromatic nitrogens is 2. The van der Waals surface area contributed by atoms with Crippen LogP contribution in [0.15, 0.2) is 59.4 Å². The molecule has 0 radical (unpaired) electrons. The van der Waals surface area contributed by atoms with Crippen molar-refractivity contribution in [2.45, 2.75) is 26.4 Å². The Bertz CT molecular complexity index is 932. The number of aryl methyl sites for hydroxylation is 1. The van der Waals surface area contributed by atoms with Gasteiger partial charge >= 0.3 is 0 Å². The summed E-state index contributed by atoms with van der Waals surface area (Å²) in [6.07, 6.45) is 0. The zero-order valence-electron chi connectivity index (χ0n) is 13.7. The first-order valence-corrected chi connectivity index (χ1v) is 7.87. The van der Waals surface area contributed by atoms with Gasteiger partial charge in [0.25, 0.3) is 5.56 Å². The van der Waals surface area contributed by atoms with E-state index in [4.69, 9.17) is 0 Å². The Hall–Kier alpha value is -2.95. The summed E-state index contributed by atoms with van der Waals surface area (Å²) in [5.41, 5.74) is 2.54. The van der Waals surface area contributed by atoms with Gasteiger partial charge in [-0.1, -0.05) is 42.5 Å². The number of benzene rings is 2. The van der Waals surface area contributed by atoms with Crippen LogP contribution in [-0.4, -0.2) is 15.5 Å². The van der Waals surface area contributed by atoms with E-state index in [0.29, 0.717) is 16.7 Å². The Balaban J connectivity index is 1.86. The minimum atomic E-state index is -0.240. The van der Waals surface area contributed by atoms with Crippen molar-refractivity contribution >= 4 is 16.9 Å². The molecule has 5 nitrogen and oxygen atoms in total. The summed E-state index contributed by atoms with van der Waals surface area (Å²) in [4.78, 5) is 29.1. The molecule has 1 heterocycles. The Kier molecular flexibility index (Phi) is 4.42. The van der Waals surface area contributed by atoms with E-state index in [1.807, 2.05) is 55.5 Å². The molecule has 0 unspecified atom stereocenters. The highest BCUT2D eigenvalue weighted by Gasteiger charge is 2.13. The van der Waals surface area contributed by atoms with E-state index < -0.39 is 0 Å². The summed E-state index contributed by atoms with van der Waals surface area (Å²) in [5.74, 6) is -0.204. The van der Waals surface area contributed by atoms with Crippen molar-refractivity contribution in [3.05, 3.63) is 76.2 Å². The van der Waals surface area contributed by atoms with Gasteiger partial charge in [-0.05, 0) is 31.5 Å². The van der Waals surface area contributed by atoms with Crippen LogP contribution in [0.25, 0.3) is 11.0 Å². The number of carbonyl (C=O) groups is 1. The molecule has 0 aliphatic carbocycles. The van der Waals surface area contributed by atoms with Crippen LogP contribution in [0.5, 0.6) is 0 Å². The molecule has 122 valence electrons. The normalized spacial score (nSPS) is 12.1. The van der Waals surface area contributed by atoms with E-state index in [2.05, 4.69) is 10.3 Å². The van der Waals surface area contributed by atoms with E-state index in [1.165, 1.54) is 4.57 Å². The summed E-state index contributed by atoms with van der Waals surface area (Å²) in [6, 6.07) is 16.9. The van der Waals surface area contributed by atoms with Crippen LogP contribution in [0.2, 0.25) is 0 Å². The van der Waals surface area contributed by atoms with Gasteiger partial charge in [-0.3, -0.25) is 14.2 Å². The fourth-order valence-electron chi connectivity index (χ4n) is 2.73. The van der Waals surface area contributed by atoms with Gasteiger partial charge in [0.15, 0.2) is 0 Å². The largest absolute Gasteiger partial charge is 0.348 e. The molecule has 0 aliphatic heterocycles. The van der Waals surface area contributed by atoms with Crippen LogP contribution < -0.4 is 10.9 Å². The molecule has 2 aromatic carbocycles. The van der Waals surface area contributed by atoms with Gasteiger partial charge in [0, 0.05) is 0 Å². The molecule has 3 aromatic rings. The lowest BCUT2D eigenvalue weighted by Gasteiger charge is -2.16. The summed E-state index contributed by atoms with van der Waals surface area (Å²) < 4.78 is 1.48. The summed E-state index contributed by atoms with van der Waals surface area (Å²) in [6.45, 7) is 3.56. The molecule has 0 spiro atoms. The molecule has 1 atom stereocenters. The van der Waals surface area contributed by atoms with Crippen LogP contribution in [-0.2, 0) is 11.3 Å². The SMILES string of the molecule is Cc1nc2ccccc2n(CC(=O)N[C@@H](C)c2ccccc2)c1=O. The van der Waals surface area contributed by atoms with Gasteiger partial charge in [0.1, 0.15) is 12.2 Å². The second kappa shape index (κ2) is 6.66. The first-order valence-electron chi connectivity index (χ1n) is 7.87. The standard InChI is InChI=1S/C19H19N3O2/c1-13(15-8-4-3-5-9-15)21-18(23)12-22-17-11-7-6-10-16(17)20-14(2)19(22)24/h3-11,13H,12H2,1-2H3,(H,21,23)/t13-/m0/s1. The molecule has 1 aromatic heterocycles.